The topological polar surface area (TPSA) is 130 Å². The number of halogens is 5. The number of carbonyl (C=O) groups is 1. The van der Waals surface area contributed by atoms with E-state index in [-0.39, 0.29) is 34.6 Å². The molecule has 0 spiro atoms. The summed E-state index contributed by atoms with van der Waals surface area (Å²) in [5.41, 5.74) is -0.306. The number of carbonyl (C=O) groups excluding carboxylic acids is 1. The summed E-state index contributed by atoms with van der Waals surface area (Å²) in [5, 5.41) is 18.8. The molecule has 3 aromatic heterocycles. The van der Waals surface area contributed by atoms with Gasteiger partial charge >= 0.3 is 17.8 Å². The van der Waals surface area contributed by atoms with Crippen LogP contribution < -0.4 is 5.69 Å². The van der Waals surface area contributed by atoms with Gasteiger partial charge in [0.15, 0.2) is 29.7 Å². The molecule has 0 saturated carbocycles. The first kappa shape index (κ1) is 28.3. The normalized spacial score (nSPS) is 13.3. The summed E-state index contributed by atoms with van der Waals surface area (Å²) in [6.07, 6.45) is -5.84. The molecule has 2 unspecified atom stereocenters. The van der Waals surface area contributed by atoms with Gasteiger partial charge in [-0.15, -0.1) is 10.2 Å². The minimum Gasteiger partial charge on any atom is -0.455 e. The van der Waals surface area contributed by atoms with E-state index in [2.05, 4.69) is 20.2 Å². The molecule has 16 heteroatoms. The van der Waals surface area contributed by atoms with Gasteiger partial charge in [0.1, 0.15) is 6.54 Å². The third kappa shape index (κ3) is 6.29. The maximum atomic E-state index is 13.2. The Kier molecular flexibility index (Phi) is 8.09. The van der Waals surface area contributed by atoms with Crippen LogP contribution in [-0.4, -0.2) is 57.5 Å². The molecule has 4 aromatic rings. The van der Waals surface area contributed by atoms with Crippen molar-refractivity contribution in [1.29, 1.82) is 0 Å². The number of esters is 1. The van der Waals surface area contributed by atoms with E-state index < -0.39 is 36.6 Å². The van der Waals surface area contributed by atoms with Crippen LogP contribution in [-0.2, 0) is 22.6 Å². The van der Waals surface area contributed by atoms with Crippen LogP contribution in [0.4, 0.5) is 13.2 Å². The Morgan fingerprint density at radius 3 is 2.46 bits per heavy atom. The van der Waals surface area contributed by atoms with Gasteiger partial charge in [-0.2, -0.15) is 13.2 Å². The molecule has 11 nitrogen and oxygen atoms in total. The van der Waals surface area contributed by atoms with Gasteiger partial charge in [-0.25, -0.2) is 19.1 Å². The van der Waals surface area contributed by atoms with Gasteiger partial charge in [0.25, 0.3) is 0 Å². The summed E-state index contributed by atoms with van der Waals surface area (Å²) in [7, 11) is 0. The molecule has 39 heavy (non-hydrogen) atoms. The molecule has 1 aromatic carbocycles. The number of aromatic nitrogens is 7. The molecule has 0 aliphatic rings. The minimum absolute atomic E-state index is 0.0163. The number of benzene rings is 1. The fraction of sp³-hybridized carbons (Fsp3) is 0.304. The molecular formula is C23H20Cl2F3N7O4. The van der Waals surface area contributed by atoms with E-state index in [1.54, 1.807) is 13.0 Å². The van der Waals surface area contributed by atoms with Crippen molar-refractivity contribution in [3.8, 4) is 17.1 Å². The summed E-state index contributed by atoms with van der Waals surface area (Å²) in [6, 6.07) is 7.46. The largest absolute Gasteiger partial charge is 0.455 e. The second kappa shape index (κ2) is 11.2. The van der Waals surface area contributed by atoms with Crippen LogP contribution >= 0.6 is 23.2 Å². The predicted octanol–water partition coefficient (Wildman–Crippen LogP) is 3.59. The smallest absolute Gasteiger partial charge is 0.416 e. The van der Waals surface area contributed by atoms with Gasteiger partial charge in [0.2, 0.25) is 0 Å². The second-order valence-corrected chi connectivity index (χ2v) is 9.16. The van der Waals surface area contributed by atoms with Gasteiger partial charge in [-0.05, 0) is 37.3 Å². The van der Waals surface area contributed by atoms with Crippen molar-refractivity contribution in [1.82, 2.24) is 34.1 Å². The van der Waals surface area contributed by atoms with Crippen molar-refractivity contribution >= 4 is 29.2 Å². The number of aliphatic hydroxyl groups excluding tert-OH is 1. The zero-order valence-electron chi connectivity index (χ0n) is 20.3. The third-order valence-corrected chi connectivity index (χ3v) is 5.95. The van der Waals surface area contributed by atoms with E-state index in [1.165, 1.54) is 48.3 Å². The molecule has 2 atom stereocenters. The number of ether oxygens (including phenoxy) is 1. The van der Waals surface area contributed by atoms with Crippen LogP contribution in [0.2, 0.25) is 10.0 Å². The van der Waals surface area contributed by atoms with E-state index in [0.717, 1.165) is 4.68 Å². The SMILES string of the molecule is CC(=O)OC(C)c1nc(Cn2nc(-c3ccc(Cl)cc3)n(CC(O)C(F)(F)F)c2=O)nn1-c1ccncc1Cl. The molecule has 0 aliphatic heterocycles. The van der Waals surface area contributed by atoms with Crippen LogP contribution in [0.25, 0.3) is 17.1 Å². The first-order chi connectivity index (χ1) is 18.3. The molecule has 0 aliphatic carbocycles. The maximum absolute atomic E-state index is 13.2. The average molecular weight is 586 g/mol. The Morgan fingerprint density at radius 1 is 1.15 bits per heavy atom. The highest BCUT2D eigenvalue weighted by Crippen LogP contribution is 2.26. The first-order valence-electron chi connectivity index (χ1n) is 11.3. The van der Waals surface area contributed by atoms with E-state index >= 15 is 0 Å². The Morgan fingerprint density at radius 2 is 1.85 bits per heavy atom. The molecule has 0 amide bonds. The van der Waals surface area contributed by atoms with Crippen LogP contribution in [0, 0.1) is 0 Å². The van der Waals surface area contributed by atoms with Crippen LogP contribution in [0.15, 0.2) is 47.5 Å². The zero-order chi connectivity index (χ0) is 28.5. The highest BCUT2D eigenvalue weighted by Gasteiger charge is 2.39. The van der Waals surface area contributed by atoms with Gasteiger partial charge in [-0.3, -0.25) is 14.3 Å². The summed E-state index contributed by atoms with van der Waals surface area (Å²) < 4.78 is 47.5. The van der Waals surface area contributed by atoms with Crippen LogP contribution in [0.5, 0.6) is 0 Å². The summed E-state index contributed by atoms with van der Waals surface area (Å²) in [5.74, 6) is -0.538. The Bertz CT molecular complexity index is 1550. The molecule has 1 N–H and O–H groups in total. The lowest BCUT2D eigenvalue weighted by molar-refractivity contribution is -0.207. The predicted molar refractivity (Wildman–Crippen MR) is 132 cm³/mol. The van der Waals surface area contributed by atoms with Crippen LogP contribution in [0.1, 0.15) is 31.6 Å². The van der Waals surface area contributed by atoms with Crippen molar-refractivity contribution in [3.05, 3.63) is 74.9 Å². The van der Waals surface area contributed by atoms with E-state index in [1.807, 2.05) is 0 Å². The Hall–Kier alpha value is -3.75. The molecule has 206 valence electrons. The summed E-state index contributed by atoms with van der Waals surface area (Å²) in [4.78, 5) is 33.0. The highest BCUT2D eigenvalue weighted by molar-refractivity contribution is 6.32. The quantitative estimate of drug-likeness (QED) is 0.310. The molecule has 0 bridgehead atoms. The average Bonchev–Trinajstić information content (AvgIpc) is 3.41. The van der Waals surface area contributed by atoms with Crippen molar-refractivity contribution in [3.63, 3.8) is 0 Å². The summed E-state index contributed by atoms with van der Waals surface area (Å²) in [6.45, 7) is 1.31. The lowest BCUT2D eigenvalue weighted by atomic mass is 10.2. The third-order valence-electron chi connectivity index (χ3n) is 5.41. The zero-order valence-corrected chi connectivity index (χ0v) is 21.8. The number of aliphatic hydroxyl groups is 1. The molecule has 0 saturated heterocycles. The van der Waals surface area contributed by atoms with Crippen molar-refractivity contribution in [2.75, 3.05) is 0 Å². The van der Waals surface area contributed by atoms with Crippen molar-refractivity contribution in [2.24, 2.45) is 0 Å². The lowest BCUT2D eigenvalue weighted by Crippen LogP contribution is -2.37. The van der Waals surface area contributed by atoms with Gasteiger partial charge < -0.3 is 9.84 Å². The number of pyridine rings is 1. The standard InChI is InChI=1S/C23H20Cl2F3N7O4/c1-12(39-13(2)36)20-30-19(31-35(20)17-7-8-29-9-16(17)25)11-34-22(38)33(10-18(37)23(26,27)28)21(32-34)14-3-5-15(24)6-4-14/h3-9,12,18,37H,10-11H2,1-2H3. The Balaban J connectivity index is 1.79. The van der Waals surface area contributed by atoms with Gasteiger partial charge in [0, 0.05) is 29.9 Å². The molecule has 3 heterocycles. The van der Waals surface area contributed by atoms with Gasteiger partial charge in [-0.1, -0.05) is 23.2 Å². The molecule has 0 radical (unpaired) electrons. The van der Waals surface area contributed by atoms with E-state index in [9.17, 15) is 27.9 Å². The number of nitrogens with zero attached hydrogens (tertiary/aromatic N) is 7. The Labute approximate surface area is 228 Å². The van der Waals surface area contributed by atoms with Crippen molar-refractivity contribution < 1.29 is 27.8 Å². The van der Waals surface area contributed by atoms with Crippen molar-refractivity contribution in [2.45, 2.75) is 45.3 Å². The number of alkyl halides is 3. The molecular weight excluding hydrogens is 566 g/mol. The number of hydrogen-bond acceptors (Lipinski definition) is 8. The second-order valence-electron chi connectivity index (χ2n) is 8.32. The fourth-order valence-electron chi connectivity index (χ4n) is 3.65. The highest BCUT2D eigenvalue weighted by atomic mass is 35.5. The molecule has 4 rings (SSSR count). The first-order valence-corrected chi connectivity index (χ1v) is 12.0. The minimum atomic E-state index is -4.97. The summed E-state index contributed by atoms with van der Waals surface area (Å²) >= 11 is 12.2. The maximum Gasteiger partial charge on any atom is 0.416 e. The molecule has 0 fully saturated rings. The van der Waals surface area contributed by atoms with E-state index in [4.69, 9.17) is 27.9 Å². The van der Waals surface area contributed by atoms with E-state index in [0.29, 0.717) is 15.3 Å². The van der Waals surface area contributed by atoms with Gasteiger partial charge in [0.05, 0.1) is 17.3 Å². The fourth-order valence-corrected chi connectivity index (χ4v) is 3.97. The number of rotatable bonds is 8. The number of hydrogen-bond donors (Lipinski definition) is 1. The monoisotopic (exact) mass is 585 g/mol. The lowest BCUT2D eigenvalue weighted by Gasteiger charge is -2.15. The van der Waals surface area contributed by atoms with Crippen LogP contribution in [0.3, 0.4) is 0 Å².